The highest BCUT2D eigenvalue weighted by atomic mass is 17.2. The van der Waals surface area contributed by atoms with Gasteiger partial charge >= 0.3 is 11.9 Å². The van der Waals surface area contributed by atoms with E-state index in [4.69, 9.17) is 5.11 Å². The maximum Gasteiger partial charge on any atom is 0.365 e. The fraction of sp³-hybridized carbons (Fsp3) is 0.133. The standard InChI is InChI=1S/C11H9NO5.C4H6O3/c1-7(13)10(11(14)15)6-8-3-2-4-9(5-8)12(16)17;1-3-4(5)7-6-2/h2-6H,1H3,(H,14,15);3H,1H2,2H3. The van der Waals surface area contributed by atoms with Crippen LogP contribution in [0.15, 0.2) is 42.5 Å². The van der Waals surface area contributed by atoms with Crippen LogP contribution >= 0.6 is 0 Å². The summed E-state index contributed by atoms with van der Waals surface area (Å²) < 4.78 is 0. The summed E-state index contributed by atoms with van der Waals surface area (Å²) in [6, 6.07) is 5.39. The first-order valence-electron chi connectivity index (χ1n) is 6.30. The molecule has 0 amide bonds. The molecule has 9 nitrogen and oxygen atoms in total. The molecule has 0 aliphatic rings. The number of aliphatic carboxylic acids is 1. The molecule has 1 rings (SSSR count). The van der Waals surface area contributed by atoms with Gasteiger partial charge < -0.3 is 5.11 Å². The number of carbonyl (C=O) groups excluding carboxylic acids is 2. The number of ketones is 1. The Bertz CT molecular complexity index is 662. The van der Waals surface area contributed by atoms with Crippen molar-refractivity contribution < 1.29 is 34.2 Å². The smallest absolute Gasteiger partial charge is 0.365 e. The predicted molar refractivity (Wildman–Crippen MR) is 82.7 cm³/mol. The maximum atomic E-state index is 11.0. The zero-order valence-corrected chi connectivity index (χ0v) is 12.9. The Morgan fingerprint density at radius 3 is 2.33 bits per heavy atom. The fourth-order valence-electron chi connectivity index (χ4n) is 1.32. The van der Waals surface area contributed by atoms with Gasteiger partial charge in [0.05, 0.1) is 12.0 Å². The summed E-state index contributed by atoms with van der Waals surface area (Å²) in [7, 11) is 1.25. The minimum absolute atomic E-state index is 0.160. The minimum Gasteiger partial charge on any atom is -0.478 e. The molecule has 0 spiro atoms. The third-order valence-electron chi connectivity index (χ3n) is 2.33. The molecule has 1 aromatic carbocycles. The normalized spacial score (nSPS) is 10.0. The van der Waals surface area contributed by atoms with Gasteiger partial charge in [0.1, 0.15) is 5.57 Å². The monoisotopic (exact) mass is 337 g/mol. The van der Waals surface area contributed by atoms with Gasteiger partial charge in [0.2, 0.25) is 0 Å². The Morgan fingerprint density at radius 2 is 1.96 bits per heavy atom. The van der Waals surface area contributed by atoms with E-state index in [2.05, 4.69) is 16.4 Å². The van der Waals surface area contributed by atoms with E-state index in [1.165, 1.54) is 31.4 Å². The average molecular weight is 337 g/mol. The predicted octanol–water partition coefficient (Wildman–Crippen LogP) is 1.93. The van der Waals surface area contributed by atoms with Crippen LogP contribution in [0.1, 0.15) is 12.5 Å². The summed E-state index contributed by atoms with van der Waals surface area (Å²) in [5.74, 6) is -2.55. The molecule has 128 valence electrons. The summed E-state index contributed by atoms with van der Waals surface area (Å²) in [5, 5.41) is 19.3. The van der Waals surface area contributed by atoms with E-state index in [1.54, 1.807) is 0 Å². The highest BCUT2D eigenvalue weighted by Gasteiger charge is 2.13. The summed E-state index contributed by atoms with van der Waals surface area (Å²) in [5.41, 5.74) is -0.274. The molecule has 0 bridgehead atoms. The number of carbonyl (C=O) groups is 3. The van der Waals surface area contributed by atoms with Crippen molar-refractivity contribution in [3.8, 4) is 0 Å². The number of benzene rings is 1. The van der Waals surface area contributed by atoms with Crippen molar-refractivity contribution in [3.63, 3.8) is 0 Å². The summed E-state index contributed by atoms with van der Waals surface area (Å²) >= 11 is 0. The lowest BCUT2D eigenvalue weighted by atomic mass is 10.1. The van der Waals surface area contributed by atoms with Gasteiger partial charge in [-0.15, -0.1) is 0 Å². The number of nitro benzene ring substituents is 1. The van der Waals surface area contributed by atoms with Crippen molar-refractivity contribution in [3.05, 3.63) is 58.2 Å². The second-order valence-corrected chi connectivity index (χ2v) is 4.04. The van der Waals surface area contributed by atoms with Crippen molar-refractivity contribution in [2.24, 2.45) is 0 Å². The number of carboxylic acid groups (broad SMARTS) is 1. The van der Waals surface area contributed by atoms with Crippen LogP contribution in [-0.2, 0) is 24.2 Å². The van der Waals surface area contributed by atoms with E-state index >= 15 is 0 Å². The zero-order chi connectivity index (χ0) is 18.7. The molecule has 0 heterocycles. The number of carboxylic acids is 1. The Hall–Kier alpha value is -3.33. The zero-order valence-electron chi connectivity index (χ0n) is 12.9. The number of rotatable bonds is 6. The number of hydrogen-bond acceptors (Lipinski definition) is 7. The molecule has 1 aromatic rings. The Balaban J connectivity index is 0.000000640. The lowest BCUT2D eigenvalue weighted by Crippen LogP contribution is -2.08. The second-order valence-electron chi connectivity index (χ2n) is 4.04. The summed E-state index contributed by atoms with van der Waals surface area (Å²) in [6.07, 6.45) is 2.13. The molecule has 0 aliphatic heterocycles. The van der Waals surface area contributed by atoms with Crippen molar-refractivity contribution in [2.75, 3.05) is 7.11 Å². The number of Topliss-reactive ketones (excluding diaryl/α,β-unsaturated/α-hetero) is 1. The van der Waals surface area contributed by atoms with Crippen molar-refractivity contribution in [1.29, 1.82) is 0 Å². The lowest BCUT2D eigenvalue weighted by Gasteiger charge is -1.98. The summed E-state index contributed by atoms with van der Waals surface area (Å²) in [4.78, 5) is 49.5. The third-order valence-corrected chi connectivity index (χ3v) is 2.33. The molecule has 0 saturated heterocycles. The first-order valence-corrected chi connectivity index (χ1v) is 6.30. The van der Waals surface area contributed by atoms with E-state index in [-0.39, 0.29) is 5.69 Å². The third kappa shape index (κ3) is 7.61. The van der Waals surface area contributed by atoms with Gasteiger partial charge in [-0.2, -0.15) is 4.89 Å². The van der Waals surface area contributed by atoms with Crippen LogP contribution in [0.2, 0.25) is 0 Å². The number of nitro groups is 1. The van der Waals surface area contributed by atoms with Crippen LogP contribution < -0.4 is 0 Å². The molecular weight excluding hydrogens is 322 g/mol. The second kappa shape index (κ2) is 10.4. The highest BCUT2D eigenvalue weighted by molar-refractivity contribution is 6.19. The average Bonchev–Trinajstić information content (AvgIpc) is 2.53. The van der Waals surface area contributed by atoms with Crippen molar-refractivity contribution in [1.82, 2.24) is 0 Å². The SMILES string of the molecule is C=CC(=O)OOC.CC(=O)C(=Cc1cccc([N+](=O)[O-])c1)C(=O)O. The molecule has 24 heavy (non-hydrogen) atoms. The maximum absolute atomic E-state index is 11.0. The molecule has 0 aliphatic carbocycles. The van der Waals surface area contributed by atoms with Crippen LogP contribution in [0.5, 0.6) is 0 Å². The first-order chi connectivity index (χ1) is 11.2. The molecule has 0 fully saturated rings. The minimum atomic E-state index is -1.36. The Labute approximate surface area is 136 Å². The fourth-order valence-corrected chi connectivity index (χ4v) is 1.32. The van der Waals surface area contributed by atoms with E-state index in [9.17, 15) is 24.5 Å². The van der Waals surface area contributed by atoms with Gasteiger partial charge in [-0.25, -0.2) is 9.59 Å². The van der Waals surface area contributed by atoms with E-state index < -0.39 is 28.2 Å². The summed E-state index contributed by atoms with van der Waals surface area (Å²) in [6.45, 7) is 4.25. The molecular formula is C15H15NO8. The molecule has 0 radical (unpaired) electrons. The van der Waals surface area contributed by atoms with Crippen LogP contribution in [0.3, 0.4) is 0 Å². The topological polar surface area (TPSA) is 133 Å². The first kappa shape index (κ1) is 20.7. The van der Waals surface area contributed by atoms with Gasteiger partial charge in [-0.05, 0) is 18.6 Å². The molecule has 0 saturated carbocycles. The van der Waals surface area contributed by atoms with Crippen LogP contribution in [0, 0.1) is 10.1 Å². The van der Waals surface area contributed by atoms with Crippen LogP contribution in [0.25, 0.3) is 6.08 Å². The lowest BCUT2D eigenvalue weighted by molar-refractivity contribution is -0.384. The molecule has 1 N–H and O–H groups in total. The number of non-ortho nitro benzene ring substituents is 1. The van der Waals surface area contributed by atoms with Gasteiger partial charge in [0, 0.05) is 18.2 Å². The van der Waals surface area contributed by atoms with Crippen LogP contribution in [-0.4, -0.2) is 34.9 Å². The molecule has 0 aromatic heterocycles. The van der Waals surface area contributed by atoms with Gasteiger partial charge in [-0.3, -0.25) is 19.8 Å². The number of hydrogen-bond donors (Lipinski definition) is 1. The van der Waals surface area contributed by atoms with Gasteiger partial charge in [0.25, 0.3) is 5.69 Å². The van der Waals surface area contributed by atoms with Crippen LogP contribution in [0.4, 0.5) is 5.69 Å². The van der Waals surface area contributed by atoms with E-state index in [0.29, 0.717) is 5.56 Å². The largest absolute Gasteiger partial charge is 0.478 e. The number of nitrogens with zero attached hydrogens (tertiary/aromatic N) is 1. The van der Waals surface area contributed by atoms with E-state index in [0.717, 1.165) is 19.1 Å². The molecule has 9 heteroatoms. The van der Waals surface area contributed by atoms with Gasteiger partial charge in [0.15, 0.2) is 5.78 Å². The van der Waals surface area contributed by atoms with Crippen molar-refractivity contribution >= 4 is 29.5 Å². The van der Waals surface area contributed by atoms with Gasteiger partial charge in [-0.1, -0.05) is 18.7 Å². The Kier molecular flexibility index (Phi) is 8.96. The van der Waals surface area contributed by atoms with Crippen molar-refractivity contribution in [2.45, 2.75) is 6.92 Å². The molecule has 0 atom stereocenters. The Morgan fingerprint density at radius 1 is 1.33 bits per heavy atom. The van der Waals surface area contributed by atoms with E-state index in [1.807, 2.05) is 0 Å². The highest BCUT2D eigenvalue weighted by Crippen LogP contribution is 2.16. The quantitative estimate of drug-likeness (QED) is 0.208. The molecule has 0 unspecified atom stereocenters.